The lowest BCUT2D eigenvalue weighted by molar-refractivity contribution is -0.137. The number of piperidine rings is 1. The van der Waals surface area contributed by atoms with Crippen LogP contribution in [0.25, 0.3) is 0 Å². The summed E-state index contributed by atoms with van der Waals surface area (Å²) in [5.41, 5.74) is 1.10. The minimum Gasteiger partial charge on any atom is -0.342 e. The Balaban J connectivity index is 1.28. The predicted molar refractivity (Wildman–Crippen MR) is 107 cm³/mol. The van der Waals surface area contributed by atoms with Gasteiger partial charge in [-0.05, 0) is 57.7 Å². The number of carbonyl (C=O) groups excluding carboxylic acids is 1. The zero-order valence-corrected chi connectivity index (χ0v) is 16.5. The number of likely N-dealkylation sites (tertiary alicyclic amines) is 2. The number of hydrogen-bond donors (Lipinski definition) is 0. The van der Waals surface area contributed by atoms with Crippen molar-refractivity contribution < 1.29 is 4.79 Å². The molecule has 0 atom stereocenters. The average Bonchev–Trinajstić information content (AvgIpc) is 3.11. The van der Waals surface area contributed by atoms with Crippen molar-refractivity contribution in [2.45, 2.75) is 57.9 Å². The van der Waals surface area contributed by atoms with E-state index in [-0.39, 0.29) is 5.92 Å². The first-order chi connectivity index (χ1) is 13.3. The smallest absolute Gasteiger partial charge is 0.225 e. The van der Waals surface area contributed by atoms with Gasteiger partial charge in [-0.1, -0.05) is 12.8 Å². The molecule has 27 heavy (non-hydrogen) atoms. The number of amides is 1. The molecule has 6 nitrogen and oxygen atoms in total. The minimum atomic E-state index is 0.227. The van der Waals surface area contributed by atoms with E-state index in [1.165, 1.54) is 38.5 Å². The second kappa shape index (κ2) is 9.00. The number of aromatic nitrogens is 2. The molecule has 0 N–H and O–H groups in total. The third kappa shape index (κ3) is 4.78. The van der Waals surface area contributed by atoms with Crippen LogP contribution in [0.3, 0.4) is 0 Å². The molecular weight excluding hydrogens is 338 g/mol. The molecule has 3 fully saturated rings. The number of carbonyl (C=O) groups is 1. The molecule has 0 unspecified atom stereocenters. The number of nitrogens with zero attached hydrogens (tertiary/aromatic N) is 5. The molecule has 3 aliphatic rings. The summed E-state index contributed by atoms with van der Waals surface area (Å²) in [6, 6.07) is 2.04. The van der Waals surface area contributed by atoms with Crippen molar-refractivity contribution in [3.63, 3.8) is 0 Å². The lowest BCUT2D eigenvalue weighted by Crippen LogP contribution is -2.42. The predicted octanol–water partition coefficient (Wildman–Crippen LogP) is 2.69. The number of anilines is 1. The Kier molecular flexibility index (Phi) is 6.22. The largest absolute Gasteiger partial charge is 0.342 e. The highest BCUT2D eigenvalue weighted by Gasteiger charge is 2.29. The summed E-state index contributed by atoms with van der Waals surface area (Å²) in [7, 11) is 0. The van der Waals surface area contributed by atoms with E-state index >= 15 is 0 Å². The van der Waals surface area contributed by atoms with Gasteiger partial charge in [-0.3, -0.25) is 9.69 Å². The maximum atomic E-state index is 12.8. The Morgan fingerprint density at radius 2 is 1.59 bits per heavy atom. The van der Waals surface area contributed by atoms with Gasteiger partial charge in [-0.15, -0.1) is 0 Å². The third-order valence-corrected chi connectivity index (χ3v) is 6.33. The van der Waals surface area contributed by atoms with E-state index < -0.39 is 0 Å². The molecule has 4 rings (SSSR count). The normalized spacial score (nSPS) is 22.8. The molecular formula is C21H33N5O. The van der Waals surface area contributed by atoms with Crippen LogP contribution in [0.15, 0.2) is 12.3 Å². The summed E-state index contributed by atoms with van der Waals surface area (Å²) in [6.45, 7) is 6.95. The highest BCUT2D eigenvalue weighted by Crippen LogP contribution is 2.23. The molecule has 0 radical (unpaired) electrons. The molecule has 3 aliphatic heterocycles. The summed E-state index contributed by atoms with van der Waals surface area (Å²) in [5, 5.41) is 0. The van der Waals surface area contributed by atoms with Crippen molar-refractivity contribution in [3.8, 4) is 0 Å². The standard InChI is InChI=1S/C21H33N5O/c27-20(25-11-3-1-2-4-12-25)18-8-15-24(16-9-18)17-19-7-10-22-21(23-19)26-13-5-6-14-26/h7,10,18H,1-6,8-9,11-17H2. The summed E-state index contributed by atoms with van der Waals surface area (Å²) < 4.78 is 0. The molecule has 0 aliphatic carbocycles. The Hall–Kier alpha value is -1.69. The van der Waals surface area contributed by atoms with E-state index in [4.69, 9.17) is 4.98 Å². The van der Waals surface area contributed by atoms with Gasteiger partial charge in [-0.2, -0.15) is 0 Å². The first kappa shape index (κ1) is 18.7. The van der Waals surface area contributed by atoms with Gasteiger partial charge < -0.3 is 9.80 Å². The zero-order valence-electron chi connectivity index (χ0n) is 16.5. The average molecular weight is 372 g/mol. The Bertz CT molecular complexity index is 615. The van der Waals surface area contributed by atoms with Gasteiger partial charge in [0.1, 0.15) is 0 Å². The van der Waals surface area contributed by atoms with Gasteiger partial charge >= 0.3 is 0 Å². The van der Waals surface area contributed by atoms with Crippen LogP contribution in [0, 0.1) is 5.92 Å². The Labute approximate surface area is 162 Å². The van der Waals surface area contributed by atoms with Gasteiger partial charge in [0.2, 0.25) is 11.9 Å². The first-order valence-electron chi connectivity index (χ1n) is 10.9. The SMILES string of the molecule is O=C(C1CCN(Cc2ccnc(N3CCCC3)n2)CC1)N1CCCCCC1. The summed E-state index contributed by atoms with van der Waals surface area (Å²) in [4.78, 5) is 29.0. The lowest BCUT2D eigenvalue weighted by Gasteiger charge is -2.34. The van der Waals surface area contributed by atoms with Crippen molar-refractivity contribution >= 4 is 11.9 Å². The molecule has 148 valence electrons. The van der Waals surface area contributed by atoms with Crippen molar-refractivity contribution in [2.75, 3.05) is 44.2 Å². The third-order valence-electron chi connectivity index (χ3n) is 6.33. The summed E-state index contributed by atoms with van der Waals surface area (Å²) in [5.74, 6) is 1.52. The summed E-state index contributed by atoms with van der Waals surface area (Å²) in [6.07, 6.45) is 11.3. The molecule has 1 aromatic rings. The Morgan fingerprint density at radius 3 is 2.30 bits per heavy atom. The van der Waals surface area contributed by atoms with Crippen LogP contribution >= 0.6 is 0 Å². The molecule has 6 heteroatoms. The number of hydrogen-bond acceptors (Lipinski definition) is 5. The second-order valence-corrected chi connectivity index (χ2v) is 8.33. The highest BCUT2D eigenvalue weighted by atomic mass is 16.2. The molecule has 1 aromatic heterocycles. The Morgan fingerprint density at radius 1 is 0.926 bits per heavy atom. The van der Waals surface area contributed by atoms with Gasteiger partial charge in [0.05, 0.1) is 5.69 Å². The topological polar surface area (TPSA) is 52.6 Å². The molecule has 3 saturated heterocycles. The van der Waals surface area contributed by atoms with Crippen LogP contribution in [0.2, 0.25) is 0 Å². The van der Waals surface area contributed by atoms with Crippen molar-refractivity contribution in [2.24, 2.45) is 5.92 Å². The second-order valence-electron chi connectivity index (χ2n) is 8.33. The lowest BCUT2D eigenvalue weighted by atomic mass is 9.95. The van der Waals surface area contributed by atoms with Crippen LogP contribution < -0.4 is 4.90 Å². The van der Waals surface area contributed by atoms with Gasteiger partial charge in [0, 0.05) is 44.8 Å². The van der Waals surface area contributed by atoms with Gasteiger partial charge in [0.15, 0.2) is 0 Å². The molecule has 0 saturated carbocycles. The fourth-order valence-electron chi connectivity index (χ4n) is 4.66. The van der Waals surface area contributed by atoms with E-state index in [2.05, 4.69) is 19.7 Å². The number of rotatable bonds is 4. The van der Waals surface area contributed by atoms with E-state index in [0.29, 0.717) is 5.91 Å². The fourth-order valence-corrected chi connectivity index (χ4v) is 4.66. The fraction of sp³-hybridized carbons (Fsp3) is 0.762. The van der Waals surface area contributed by atoms with E-state index in [1.807, 2.05) is 12.3 Å². The quantitative estimate of drug-likeness (QED) is 0.814. The molecule has 1 amide bonds. The van der Waals surface area contributed by atoms with Crippen molar-refractivity contribution in [1.82, 2.24) is 19.8 Å². The van der Waals surface area contributed by atoms with E-state index in [9.17, 15) is 4.79 Å². The summed E-state index contributed by atoms with van der Waals surface area (Å²) >= 11 is 0. The first-order valence-corrected chi connectivity index (χ1v) is 10.9. The van der Waals surface area contributed by atoms with Crippen LogP contribution in [0.5, 0.6) is 0 Å². The molecule has 0 bridgehead atoms. The van der Waals surface area contributed by atoms with E-state index in [0.717, 1.165) is 70.3 Å². The van der Waals surface area contributed by atoms with Crippen molar-refractivity contribution in [1.29, 1.82) is 0 Å². The monoisotopic (exact) mass is 371 g/mol. The minimum absolute atomic E-state index is 0.227. The van der Waals surface area contributed by atoms with Crippen LogP contribution in [-0.2, 0) is 11.3 Å². The van der Waals surface area contributed by atoms with Crippen LogP contribution in [0.1, 0.15) is 57.1 Å². The van der Waals surface area contributed by atoms with Gasteiger partial charge in [-0.25, -0.2) is 9.97 Å². The molecule has 4 heterocycles. The maximum absolute atomic E-state index is 12.8. The maximum Gasteiger partial charge on any atom is 0.225 e. The van der Waals surface area contributed by atoms with Gasteiger partial charge in [0.25, 0.3) is 0 Å². The molecule has 0 spiro atoms. The molecule has 0 aromatic carbocycles. The van der Waals surface area contributed by atoms with E-state index in [1.54, 1.807) is 0 Å². The van der Waals surface area contributed by atoms with Crippen LogP contribution in [0.4, 0.5) is 5.95 Å². The zero-order chi connectivity index (χ0) is 18.5. The highest BCUT2D eigenvalue weighted by molar-refractivity contribution is 5.79. The van der Waals surface area contributed by atoms with Crippen LogP contribution in [-0.4, -0.2) is 64.9 Å². The van der Waals surface area contributed by atoms with Crippen molar-refractivity contribution in [3.05, 3.63) is 18.0 Å².